The molecule has 0 spiro atoms. The number of benzene rings is 3. The van der Waals surface area contributed by atoms with Crippen LogP contribution in [0.1, 0.15) is 11.1 Å². The minimum atomic E-state index is -0.506. The molecule has 0 aliphatic carbocycles. The highest BCUT2D eigenvalue weighted by atomic mass is 35.5. The van der Waals surface area contributed by atoms with Gasteiger partial charge in [-0.15, -0.1) is 0 Å². The number of fused-ring (bicyclic) bond motifs is 1. The van der Waals surface area contributed by atoms with Crippen LogP contribution in [-0.2, 0) is 9.53 Å². The van der Waals surface area contributed by atoms with Gasteiger partial charge in [0.05, 0.1) is 10.6 Å². The molecule has 0 saturated heterocycles. The fourth-order valence-corrected chi connectivity index (χ4v) is 3.20. The standard InChI is InChI=1S/C20H11Cl2NO2/c21-14-8-9-16(17(22)11-14)19-23-18(20(24)25-19)10-13-6-3-5-12-4-1-2-7-15(12)13/h1-11H/b18-10-. The van der Waals surface area contributed by atoms with E-state index < -0.39 is 5.97 Å². The molecule has 0 bridgehead atoms. The molecule has 3 aromatic rings. The Labute approximate surface area is 154 Å². The van der Waals surface area contributed by atoms with Gasteiger partial charge in [0.1, 0.15) is 0 Å². The topological polar surface area (TPSA) is 38.7 Å². The first-order valence-corrected chi connectivity index (χ1v) is 8.33. The molecule has 122 valence electrons. The molecule has 0 unspecified atom stereocenters. The van der Waals surface area contributed by atoms with Gasteiger partial charge in [-0.25, -0.2) is 9.79 Å². The number of rotatable bonds is 2. The van der Waals surface area contributed by atoms with Gasteiger partial charge in [-0.3, -0.25) is 0 Å². The minimum Gasteiger partial charge on any atom is -0.402 e. The van der Waals surface area contributed by atoms with E-state index in [4.69, 9.17) is 27.9 Å². The van der Waals surface area contributed by atoms with Crippen molar-refractivity contribution >= 4 is 51.9 Å². The summed E-state index contributed by atoms with van der Waals surface area (Å²) in [6.45, 7) is 0. The van der Waals surface area contributed by atoms with E-state index >= 15 is 0 Å². The number of esters is 1. The number of hydrogen-bond donors (Lipinski definition) is 0. The summed E-state index contributed by atoms with van der Waals surface area (Å²) in [5, 5.41) is 3.02. The second-order valence-electron chi connectivity index (χ2n) is 5.53. The van der Waals surface area contributed by atoms with Crippen LogP contribution in [0, 0.1) is 0 Å². The Morgan fingerprint density at radius 3 is 2.60 bits per heavy atom. The molecule has 25 heavy (non-hydrogen) atoms. The number of nitrogens with zero attached hydrogens (tertiary/aromatic N) is 1. The van der Waals surface area contributed by atoms with Crippen LogP contribution in [-0.4, -0.2) is 11.9 Å². The van der Waals surface area contributed by atoms with E-state index in [2.05, 4.69) is 4.99 Å². The van der Waals surface area contributed by atoms with E-state index in [1.807, 2.05) is 42.5 Å². The number of ether oxygens (including phenoxy) is 1. The predicted octanol–water partition coefficient (Wildman–Crippen LogP) is 5.49. The number of carbonyl (C=O) groups excluding carboxylic acids is 1. The lowest BCUT2D eigenvalue weighted by molar-refractivity contribution is -0.129. The van der Waals surface area contributed by atoms with Gasteiger partial charge in [0, 0.05) is 5.02 Å². The molecule has 0 aromatic heterocycles. The molecule has 4 rings (SSSR count). The predicted molar refractivity (Wildman–Crippen MR) is 101 cm³/mol. The van der Waals surface area contributed by atoms with Crippen LogP contribution < -0.4 is 0 Å². The van der Waals surface area contributed by atoms with Gasteiger partial charge >= 0.3 is 5.97 Å². The molecule has 0 fully saturated rings. The average Bonchev–Trinajstić information content (AvgIpc) is 2.95. The Kier molecular flexibility index (Phi) is 4.04. The first-order valence-electron chi connectivity index (χ1n) is 7.57. The molecule has 1 aliphatic heterocycles. The second kappa shape index (κ2) is 6.36. The van der Waals surface area contributed by atoms with E-state index in [0.717, 1.165) is 16.3 Å². The van der Waals surface area contributed by atoms with Crippen molar-refractivity contribution in [3.8, 4) is 0 Å². The molecule has 3 aromatic carbocycles. The molecule has 0 atom stereocenters. The lowest BCUT2D eigenvalue weighted by Crippen LogP contribution is -2.05. The number of hydrogen-bond acceptors (Lipinski definition) is 3. The Bertz CT molecular complexity index is 1060. The van der Waals surface area contributed by atoms with Crippen LogP contribution in [0.25, 0.3) is 16.8 Å². The highest BCUT2D eigenvalue weighted by molar-refractivity contribution is 6.37. The van der Waals surface area contributed by atoms with Gasteiger partial charge in [-0.1, -0.05) is 65.7 Å². The van der Waals surface area contributed by atoms with Gasteiger partial charge in [-0.05, 0) is 40.6 Å². The maximum atomic E-state index is 12.2. The maximum Gasteiger partial charge on any atom is 0.363 e. The third-order valence-electron chi connectivity index (χ3n) is 3.90. The lowest BCUT2D eigenvalue weighted by atomic mass is 10.0. The van der Waals surface area contributed by atoms with E-state index in [1.54, 1.807) is 24.3 Å². The minimum absolute atomic E-state index is 0.179. The van der Waals surface area contributed by atoms with Crippen LogP contribution in [0.2, 0.25) is 10.0 Å². The zero-order valence-corrected chi connectivity index (χ0v) is 14.4. The van der Waals surface area contributed by atoms with E-state index in [0.29, 0.717) is 15.6 Å². The number of cyclic esters (lactones) is 1. The highest BCUT2D eigenvalue weighted by Crippen LogP contribution is 2.27. The highest BCUT2D eigenvalue weighted by Gasteiger charge is 2.25. The Hall–Kier alpha value is -2.62. The summed E-state index contributed by atoms with van der Waals surface area (Å²) in [4.78, 5) is 16.5. The summed E-state index contributed by atoms with van der Waals surface area (Å²) in [6, 6.07) is 18.8. The van der Waals surface area contributed by atoms with Crippen molar-refractivity contribution in [1.82, 2.24) is 0 Å². The van der Waals surface area contributed by atoms with Crippen LogP contribution in [0.3, 0.4) is 0 Å². The summed E-state index contributed by atoms with van der Waals surface area (Å²) < 4.78 is 5.28. The number of halogens is 2. The number of carbonyl (C=O) groups is 1. The summed E-state index contributed by atoms with van der Waals surface area (Å²) in [5.74, 6) is -0.327. The summed E-state index contributed by atoms with van der Waals surface area (Å²) in [7, 11) is 0. The van der Waals surface area contributed by atoms with E-state index in [9.17, 15) is 4.79 Å². The third kappa shape index (κ3) is 3.04. The molecule has 1 aliphatic rings. The van der Waals surface area contributed by atoms with Gasteiger partial charge < -0.3 is 4.74 Å². The zero-order valence-electron chi connectivity index (χ0n) is 12.9. The molecule has 0 amide bonds. The van der Waals surface area contributed by atoms with E-state index in [-0.39, 0.29) is 11.6 Å². The van der Waals surface area contributed by atoms with Gasteiger partial charge in [0.15, 0.2) is 5.70 Å². The molecule has 1 heterocycles. The Balaban J connectivity index is 1.78. The van der Waals surface area contributed by atoms with Crippen LogP contribution in [0.4, 0.5) is 0 Å². The smallest absolute Gasteiger partial charge is 0.363 e. The first-order chi connectivity index (χ1) is 12.1. The van der Waals surface area contributed by atoms with Crippen molar-refractivity contribution in [2.75, 3.05) is 0 Å². The van der Waals surface area contributed by atoms with Crippen molar-refractivity contribution in [3.63, 3.8) is 0 Å². The summed E-state index contributed by atoms with van der Waals surface area (Å²) >= 11 is 12.1. The van der Waals surface area contributed by atoms with E-state index in [1.165, 1.54) is 0 Å². The van der Waals surface area contributed by atoms with Crippen molar-refractivity contribution in [3.05, 3.63) is 87.5 Å². The van der Waals surface area contributed by atoms with Crippen LogP contribution in [0.5, 0.6) is 0 Å². The molecule has 0 saturated carbocycles. The van der Waals surface area contributed by atoms with Crippen molar-refractivity contribution in [2.24, 2.45) is 4.99 Å². The monoisotopic (exact) mass is 367 g/mol. The zero-order chi connectivity index (χ0) is 17.4. The van der Waals surface area contributed by atoms with Gasteiger partial charge in [0.25, 0.3) is 0 Å². The molecule has 5 heteroatoms. The molecule has 3 nitrogen and oxygen atoms in total. The average molecular weight is 368 g/mol. The first kappa shape index (κ1) is 15.9. The normalized spacial score (nSPS) is 15.5. The van der Waals surface area contributed by atoms with Crippen molar-refractivity contribution in [1.29, 1.82) is 0 Å². The number of aliphatic imine (C=N–C) groups is 1. The van der Waals surface area contributed by atoms with Crippen LogP contribution >= 0.6 is 23.2 Å². The molecular formula is C20H11Cl2NO2. The molecular weight excluding hydrogens is 357 g/mol. The quantitative estimate of drug-likeness (QED) is 0.443. The molecule has 0 N–H and O–H groups in total. The fourth-order valence-electron chi connectivity index (χ4n) is 2.71. The van der Waals surface area contributed by atoms with Gasteiger partial charge in [0.2, 0.25) is 5.90 Å². The lowest BCUT2D eigenvalue weighted by Gasteiger charge is -2.02. The van der Waals surface area contributed by atoms with Crippen LogP contribution in [0.15, 0.2) is 71.4 Å². The van der Waals surface area contributed by atoms with Gasteiger partial charge in [-0.2, -0.15) is 0 Å². The Morgan fingerprint density at radius 1 is 0.960 bits per heavy atom. The SMILES string of the molecule is O=C1OC(c2ccc(Cl)cc2Cl)=N/C1=C\c1cccc2ccccc12. The summed E-state index contributed by atoms with van der Waals surface area (Å²) in [6.07, 6.45) is 1.72. The fraction of sp³-hybridized carbons (Fsp3) is 0. The third-order valence-corrected chi connectivity index (χ3v) is 4.45. The van der Waals surface area contributed by atoms with Crippen molar-refractivity contribution < 1.29 is 9.53 Å². The van der Waals surface area contributed by atoms with Crippen molar-refractivity contribution in [2.45, 2.75) is 0 Å². The largest absolute Gasteiger partial charge is 0.402 e. The molecule has 0 radical (unpaired) electrons. The maximum absolute atomic E-state index is 12.2. The summed E-state index contributed by atoms with van der Waals surface area (Å²) in [5.41, 5.74) is 1.66. The Morgan fingerprint density at radius 2 is 1.76 bits per heavy atom. The second-order valence-corrected chi connectivity index (χ2v) is 6.37.